The van der Waals surface area contributed by atoms with Crippen molar-refractivity contribution in [2.24, 2.45) is 11.8 Å². The van der Waals surface area contributed by atoms with Crippen LogP contribution in [0.25, 0.3) is 5.69 Å². The number of benzene rings is 1. The van der Waals surface area contributed by atoms with Gasteiger partial charge in [-0.25, -0.2) is 0 Å². The summed E-state index contributed by atoms with van der Waals surface area (Å²) in [5.41, 5.74) is 4.35. The lowest BCUT2D eigenvalue weighted by atomic mass is 9.85. The second-order valence-corrected chi connectivity index (χ2v) is 7.37. The Hall–Kier alpha value is -2.58. The minimum Gasteiger partial charge on any atom is -0.381 e. The van der Waals surface area contributed by atoms with Gasteiger partial charge < -0.3 is 14.2 Å². The molecule has 1 atom stereocenters. The third kappa shape index (κ3) is 2.81. The van der Waals surface area contributed by atoms with E-state index in [1.54, 1.807) is 12.1 Å². The highest BCUT2D eigenvalue weighted by Crippen LogP contribution is 2.32. The molecule has 2 aliphatic rings. The van der Waals surface area contributed by atoms with E-state index in [1.807, 2.05) is 36.9 Å². The number of hydrogen-bond acceptors (Lipinski definition) is 3. The van der Waals surface area contributed by atoms with E-state index in [4.69, 9.17) is 10.00 Å². The van der Waals surface area contributed by atoms with Crippen LogP contribution in [-0.2, 0) is 4.74 Å². The van der Waals surface area contributed by atoms with Gasteiger partial charge in [-0.1, -0.05) is 0 Å². The largest absolute Gasteiger partial charge is 0.381 e. The number of hydrogen-bond donors (Lipinski definition) is 0. The maximum atomic E-state index is 12.9. The van der Waals surface area contributed by atoms with E-state index in [0.717, 1.165) is 55.4 Å². The van der Waals surface area contributed by atoms with Crippen molar-refractivity contribution in [3.8, 4) is 11.8 Å². The van der Waals surface area contributed by atoms with Crippen molar-refractivity contribution in [3.05, 3.63) is 52.8 Å². The normalized spacial score (nSPS) is 20.0. The highest BCUT2D eigenvalue weighted by atomic mass is 16.5. The molecule has 26 heavy (non-hydrogen) atoms. The number of nitriles is 1. The number of carbonyl (C=O) groups is 1. The fraction of sp³-hybridized carbons (Fsp3) is 0.429. The van der Waals surface area contributed by atoms with Crippen LogP contribution in [0, 0.1) is 37.0 Å². The molecule has 2 aromatic rings. The molecule has 5 heteroatoms. The summed E-state index contributed by atoms with van der Waals surface area (Å²) >= 11 is 0. The van der Waals surface area contributed by atoms with E-state index in [9.17, 15) is 4.79 Å². The van der Waals surface area contributed by atoms with Crippen molar-refractivity contribution in [1.82, 2.24) is 9.47 Å². The molecule has 0 N–H and O–H groups in total. The Morgan fingerprint density at radius 3 is 2.54 bits per heavy atom. The van der Waals surface area contributed by atoms with Gasteiger partial charge >= 0.3 is 0 Å². The smallest absolute Gasteiger partial charge is 0.255 e. The summed E-state index contributed by atoms with van der Waals surface area (Å²) in [6.07, 6.45) is 1.12. The van der Waals surface area contributed by atoms with Crippen molar-refractivity contribution in [2.45, 2.75) is 20.3 Å². The topological polar surface area (TPSA) is 58.3 Å². The van der Waals surface area contributed by atoms with Gasteiger partial charge in [0.05, 0.1) is 17.2 Å². The molecule has 5 nitrogen and oxygen atoms in total. The number of aryl methyl sites for hydroxylation is 1. The molecular formula is C21H23N3O2. The van der Waals surface area contributed by atoms with Crippen LogP contribution in [0.5, 0.6) is 0 Å². The van der Waals surface area contributed by atoms with Gasteiger partial charge in [0.15, 0.2) is 0 Å². The molecule has 2 fully saturated rings. The van der Waals surface area contributed by atoms with Crippen molar-refractivity contribution < 1.29 is 9.53 Å². The average Bonchev–Trinajstić information content (AvgIpc) is 3.22. The molecule has 2 aliphatic heterocycles. The minimum atomic E-state index is 0.119. The third-order valence-electron chi connectivity index (χ3n) is 5.74. The Morgan fingerprint density at radius 2 is 1.92 bits per heavy atom. The Labute approximate surface area is 153 Å². The van der Waals surface area contributed by atoms with Gasteiger partial charge in [0.25, 0.3) is 5.91 Å². The highest BCUT2D eigenvalue weighted by molar-refractivity contribution is 5.96. The summed E-state index contributed by atoms with van der Waals surface area (Å²) in [5.74, 6) is 1.32. The highest BCUT2D eigenvalue weighted by Gasteiger charge is 2.38. The number of likely N-dealkylation sites (tertiary alicyclic amines) is 1. The zero-order valence-corrected chi connectivity index (χ0v) is 15.2. The number of rotatable bonds is 3. The lowest BCUT2D eigenvalue weighted by Crippen LogP contribution is -2.52. The van der Waals surface area contributed by atoms with Gasteiger partial charge in [0.2, 0.25) is 0 Å². The number of carbonyl (C=O) groups excluding carboxylic acids is 1. The Morgan fingerprint density at radius 1 is 1.19 bits per heavy atom. The second kappa shape index (κ2) is 6.62. The van der Waals surface area contributed by atoms with Gasteiger partial charge in [-0.15, -0.1) is 0 Å². The quantitative estimate of drug-likeness (QED) is 0.856. The maximum Gasteiger partial charge on any atom is 0.255 e. The van der Waals surface area contributed by atoms with Crippen LogP contribution in [0.2, 0.25) is 0 Å². The van der Waals surface area contributed by atoms with E-state index in [1.165, 1.54) is 0 Å². The lowest BCUT2D eigenvalue weighted by molar-refractivity contribution is 0.0341. The minimum absolute atomic E-state index is 0.119. The number of nitrogens with zero attached hydrogens (tertiary/aromatic N) is 3. The lowest BCUT2D eigenvalue weighted by Gasteiger charge is -2.42. The molecule has 1 unspecified atom stereocenters. The summed E-state index contributed by atoms with van der Waals surface area (Å²) in [6.45, 7) is 7.39. The molecule has 1 amide bonds. The standard InChI is InChI=1S/C21H23N3O2/c1-14-9-20(15(2)24(14)19-5-3-16(10-22)4-6-19)21(25)23-11-18(12-23)17-7-8-26-13-17/h3-6,9,17-18H,7-8,11-13H2,1-2H3. The van der Waals surface area contributed by atoms with Crippen LogP contribution >= 0.6 is 0 Å². The van der Waals surface area contributed by atoms with E-state index in [2.05, 4.69) is 10.6 Å². The first kappa shape index (κ1) is 16.9. The Bertz CT molecular complexity index is 864. The van der Waals surface area contributed by atoms with Crippen molar-refractivity contribution in [2.75, 3.05) is 26.3 Å². The molecule has 3 heterocycles. The summed E-state index contributed by atoms with van der Waals surface area (Å²) in [5, 5.41) is 8.96. The first-order valence-corrected chi connectivity index (χ1v) is 9.15. The van der Waals surface area contributed by atoms with E-state index in [-0.39, 0.29) is 5.91 Å². The predicted octanol–water partition coefficient (Wildman–Crippen LogP) is 3.07. The molecule has 0 bridgehead atoms. The Balaban J connectivity index is 1.52. The molecule has 0 radical (unpaired) electrons. The summed E-state index contributed by atoms with van der Waals surface area (Å²) < 4.78 is 7.55. The summed E-state index contributed by atoms with van der Waals surface area (Å²) in [4.78, 5) is 14.9. The van der Waals surface area contributed by atoms with Gasteiger partial charge in [-0.3, -0.25) is 4.79 Å². The number of ether oxygens (including phenoxy) is 1. The summed E-state index contributed by atoms with van der Waals surface area (Å²) in [7, 11) is 0. The van der Waals surface area contributed by atoms with E-state index in [0.29, 0.717) is 17.4 Å². The number of amides is 1. The third-order valence-corrected chi connectivity index (χ3v) is 5.74. The van der Waals surface area contributed by atoms with Crippen LogP contribution in [0.1, 0.15) is 33.7 Å². The molecule has 0 saturated carbocycles. The fourth-order valence-corrected chi connectivity index (χ4v) is 4.13. The van der Waals surface area contributed by atoms with Gasteiger partial charge in [0, 0.05) is 43.4 Å². The SMILES string of the molecule is Cc1cc(C(=O)N2CC(C3CCOC3)C2)c(C)n1-c1ccc(C#N)cc1. The van der Waals surface area contributed by atoms with Gasteiger partial charge in [-0.2, -0.15) is 5.26 Å². The van der Waals surface area contributed by atoms with Crippen molar-refractivity contribution in [1.29, 1.82) is 5.26 Å². The van der Waals surface area contributed by atoms with Crippen LogP contribution in [0.4, 0.5) is 0 Å². The monoisotopic (exact) mass is 349 g/mol. The average molecular weight is 349 g/mol. The van der Waals surface area contributed by atoms with Crippen molar-refractivity contribution in [3.63, 3.8) is 0 Å². The molecule has 1 aromatic heterocycles. The summed E-state index contributed by atoms with van der Waals surface area (Å²) in [6, 6.07) is 11.6. The molecule has 134 valence electrons. The molecular weight excluding hydrogens is 326 g/mol. The zero-order valence-electron chi connectivity index (χ0n) is 15.2. The zero-order chi connectivity index (χ0) is 18.3. The predicted molar refractivity (Wildman–Crippen MR) is 98.3 cm³/mol. The van der Waals surface area contributed by atoms with Crippen LogP contribution in [-0.4, -0.2) is 41.7 Å². The van der Waals surface area contributed by atoms with Crippen LogP contribution in [0.15, 0.2) is 30.3 Å². The molecule has 0 spiro atoms. The van der Waals surface area contributed by atoms with Crippen LogP contribution < -0.4 is 0 Å². The molecule has 2 saturated heterocycles. The Kier molecular flexibility index (Phi) is 4.29. The fourth-order valence-electron chi connectivity index (χ4n) is 4.13. The van der Waals surface area contributed by atoms with Gasteiger partial charge in [-0.05, 0) is 62.4 Å². The van der Waals surface area contributed by atoms with E-state index < -0.39 is 0 Å². The van der Waals surface area contributed by atoms with Gasteiger partial charge in [0.1, 0.15) is 0 Å². The second-order valence-electron chi connectivity index (χ2n) is 7.37. The maximum absolute atomic E-state index is 12.9. The van der Waals surface area contributed by atoms with Crippen molar-refractivity contribution >= 4 is 5.91 Å². The molecule has 4 rings (SSSR count). The first-order valence-electron chi connectivity index (χ1n) is 9.15. The molecule has 0 aliphatic carbocycles. The number of aromatic nitrogens is 1. The van der Waals surface area contributed by atoms with Crippen LogP contribution in [0.3, 0.4) is 0 Å². The van der Waals surface area contributed by atoms with E-state index >= 15 is 0 Å². The first-order chi connectivity index (χ1) is 12.6. The molecule has 1 aromatic carbocycles.